The van der Waals surface area contributed by atoms with Crippen LogP contribution in [0, 0.1) is 16.7 Å². The van der Waals surface area contributed by atoms with E-state index in [4.69, 9.17) is 4.74 Å². The molecule has 1 saturated heterocycles. The van der Waals surface area contributed by atoms with Gasteiger partial charge in [-0.2, -0.15) is 0 Å². The summed E-state index contributed by atoms with van der Waals surface area (Å²) in [5.74, 6) is -0.214. The van der Waals surface area contributed by atoms with E-state index in [1.807, 2.05) is 0 Å². The summed E-state index contributed by atoms with van der Waals surface area (Å²) in [6.07, 6.45) is 0. The van der Waals surface area contributed by atoms with Gasteiger partial charge in [-0.25, -0.2) is 4.79 Å². The molecule has 0 aromatic carbocycles. The van der Waals surface area contributed by atoms with Crippen LogP contribution in [0.15, 0.2) is 0 Å². The van der Waals surface area contributed by atoms with Crippen molar-refractivity contribution in [3.63, 3.8) is 0 Å². The molecule has 2 rings (SSSR count). The van der Waals surface area contributed by atoms with E-state index in [1.54, 1.807) is 11.8 Å². The fourth-order valence-corrected chi connectivity index (χ4v) is 3.40. The van der Waals surface area contributed by atoms with Gasteiger partial charge in [-0.3, -0.25) is 4.79 Å². The third kappa shape index (κ3) is 2.22. The Morgan fingerprint density at radius 3 is 2.35 bits per heavy atom. The van der Waals surface area contributed by atoms with Gasteiger partial charge in [0.2, 0.25) is 5.91 Å². The molecule has 5 heteroatoms. The summed E-state index contributed by atoms with van der Waals surface area (Å²) >= 11 is 0. The monoisotopic (exact) mass is 282 g/mol. The number of nitrogens with one attached hydrogen (secondary N) is 1. The van der Waals surface area contributed by atoms with E-state index in [2.05, 4.69) is 33.0 Å². The van der Waals surface area contributed by atoms with Crippen LogP contribution in [0.2, 0.25) is 0 Å². The van der Waals surface area contributed by atoms with Crippen molar-refractivity contribution in [2.75, 3.05) is 26.2 Å². The largest absolute Gasteiger partial charge is 0.464 e. The molecule has 1 unspecified atom stereocenters. The lowest BCUT2D eigenvalue weighted by molar-refractivity contribution is -0.156. The molecule has 0 spiro atoms. The average molecular weight is 282 g/mol. The fourth-order valence-electron chi connectivity index (χ4n) is 3.40. The molecule has 1 amide bonds. The number of amides is 1. The summed E-state index contributed by atoms with van der Waals surface area (Å²) in [4.78, 5) is 26.5. The minimum atomic E-state index is -0.483. The summed E-state index contributed by atoms with van der Waals surface area (Å²) in [5, 5.41) is 3.17. The zero-order valence-electron chi connectivity index (χ0n) is 13.2. The number of hydrogen-bond acceptors (Lipinski definition) is 4. The molecule has 2 aliphatic rings. The SMILES string of the molecule is CCOC(=O)C1CNCCN1C(=O)C1C(C)(C)C1(C)C. The van der Waals surface area contributed by atoms with Crippen molar-refractivity contribution in [2.24, 2.45) is 16.7 Å². The van der Waals surface area contributed by atoms with Crippen LogP contribution in [0.3, 0.4) is 0 Å². The Labute approximate surface area is 121 Å². The third-order valence-electron chi connectivity index (χ3n) is 5.35. The Kier molecular flexibility index (Phi) is 3.84. The van der Waals surface area contributed by atoms with Gasteiger partial charge in [-0.1, -0.05) is 27.7 Å². The van der Waals surface area contributed by atoms with Gasteiger partial charge in [0.05, 0.1) is 6.61 Å². The van der Waals surface area contributed by atoms with E-state index in [0.717, 1.165) is 6.54 Å². The standard InChI is InChI=1S/C15H26N2O3/c1-6-20-13(19)10-9-16-7-8-17(10)12(18)11-14(2,3)15(11,4)5/h10-11,16H,6-9H2,1-5H3. The first-order chi connectivity index (χ1) is 9.25. The van der Waals surface area contributed by atoms with Crippen molar-refractivity contribution in [2.45, 2.75) is 40.7 Å². The van der Waals surface area contributed by atoms with E-state index >= 15 is 0 Å². The number of rotatable bonds is 3. The maximum atomic E-state index is 12.8. The zero-order chi connectivity index (χ0) is 15.1. The Bertz CT molecular complexity index is 403. The highest BCUT2D eigenvalue weighted by Crippen LogP contribution is 2.68. The average Bonchev–Trinajstić information content (AvgIpc) is 2.79. The maximum Gasteiger partial charge on any atom is 0.330 e. The van der Waals surface area contributed by atoms with Gasteiger partial charge >= 0.3 is 5.97 Å². The molecule has 1 heterocycles. The van der Waals surface area contributed by atoms with Crippen LogP contribution in [-0.4, -0.2) is 49.1 Å². The molecule has 1 saturated carbocycles. The first-order valence-electron chi connectivity index (χ1n) is 7.43. The van der Waals surface area contributed by atoms with E-state index in [0.29, 0.717) is 19.7 Å². The molecule has 20 heavy (non-hydrogen) atoms. The molecule has 1 aliphatic heterocycles. The molecule has 1 aliphatic carbocycles. The number of carbonyl (C=O) groups is 2. The topological polar surface area (TPSA) is 58.6 Å². The van der Waals surface area contributed by atoms with Crippen LogP contribution >= 0.6 is 0 Å². The maximum absolute atomic E-state index is 12.8. The predicted octanol–water partition coefficient (Wildman–Crippen LogP) is 1.03. The lowest BCUT2D eigenvalue weighted by atomic mass is 10.0. The Morgan fingerprint density at radius 1 is 1.25 bits per heavy atom. The number of piperazine rings is 1. The minimum Gasteiger partial charge on any atom is -0.464 e. The first-order valence-corrected chi connectivity index (χ1v) is 7.43. The summed E-state index contributed by atoms with van der Waals surface area (Å²) < 4.78 is 5.09. The number of carbonyl (C=O) groups excluding carboxylic acids is 2. The zero-order valence-corrected chi connectivity index (χ0v) is 13.2. The van der Waals surface area contributed by atoms with Gasteiger partial charge in [0.25, 0.3) is 0 Å². The molecule has 5 nitrogen and oxygen atoms in total. The van der Waals surface area contributed by atoms with E-state index in [9.17, 15) is 9.59 Å². The molecule has 1 N–H and O–H groups in total. The van der Waals surface area contributed by atoms with Gasteiger partial charge < -0.3 is 15.0 Å². The molecule has 2 fully saturated rings. The van der Waals surface area contributed by atoms with Crippen LogP contribution in [0.4, 0.5) is 0 Å². The van der Waals surface area contributed by atoms with Crippen molar-refractivity contribution in [3.05, 3.63) is 0 Å². The van der Waals surface area contributed by atoms with Crippen molar-refractivity contribution in [1.82, 2.24) is 10.2 Å². The molecule has 114 valence electrons. The molecule has 0 aromatic heterocycles. The van der Waals surface area contributed by atoms with Crippen molar-refractivity contribution in [1.29, 1.82) is 0 Å². The number of nitrogens with zero attached hydrogens (tertiary/aromatic N) is 1. The summed E-state index contributed by atoms with van der Waals surface area (Å²) in [7, 11) is 0. The molecule has 0 bridgehead atoms. The predicted molar refractivity (Wildman–Crippen MR) is 76.1 cm³/mol. The smallest absolute Gasteiger partial charge is 0.330 e. The molecular weight excluding hydrogens is 256 g/mol. The fraction of sp³-hybridized carbons (Fsp3) is 0.867. The Hall–Kier alpha value is -1.10. The summed E-state index contributed by atoms with van der Waals surface area (Å²) in [5.41, 5.74) is -0.0116. The van der Waals surface area contributed by atoms with E-state index < -0.39 is 6.04 Å². The summed E-state index contributed by atoms with van der Waals surface area (Å²) in [6.45, 7) is 12.4. The second kappa shape index (κ2) is 5.02. The second-order valence-electron chi connectivity index (χ2n) is 6.88. The highest BCUT2D eigenvalue weighted by Gasteiger charge is 2.69. The molecule has 0 radical (unpaired) electrons. The quantitative estimate of drug-likeness (QED) is 0.786. The van der Waals surface area contributed by atoms with E-state index in [1.165, 1.54) is 0 Å². The molecule has 1 atom stereocenters. The van der Waals surface area contributed by atoms with Crippen molar-refractivity contribution in [3.8, 4) is 0 Å². The van der Waals surface area contributed by atoms with Crippen LogP contribution in [0.5, 0.6) is 0 Å². The van der Waals surface area contributed by atoms with Crippen molar-refractivity contribution >= 4 is 11.9 Å². The highest BCUT2D eigenvalue weighted by molar-refractivity contribution is 5.89. The number of esters is 1. The second-order valence-corrected chi connectivity index (χ2v) is 6.88. The lowest BCUT2D eigenvalue weighted by Crippen LogP contribution is -2.58. The lowest BCUT2D eigenvalue weighted by Gasteiger charge is -2.35. The van der Waals surface area contributed by atoms with Crippen LogP contribution in [0.25, 0.3) is 0 Å². The van der Waals surface area contributed by atoms with Crippen LogP contribution in [0.1, 0.15) is 34.6 Å². The normalized spacial score (nSPS) is 28.1. The van der Waals surface area contributed by atoms with Gasteiger partial charge in [0.1, 0.15) is 6.04 Å². The van der Waals surface area contributed by atoms with Gasteiger partial charge in [0, 0.05) is 25.6 Å². The highest BCUT2D eigenvalue weighted by atomic mass is 16.5. The van der Waals surface area contributed by atoms with E-state index in [-0.39, 0.29) is 28.6 Å². The van der Waals surface area contributed by atoms with Gasteiger partial charge in [-0.15, -0.1) is 0 Å². The Morgan fingerprint density at radius 2 is 1.85 bits per heavy atom. The summed E-state index contributed by atoms with van der Waals surface area (Å²) in [6, 6.07) is -0.483. The van der Waals surface area contributed by atoms with Crippen molar-refractivity contribution < 1.29 is 14.3 Å². The Balaban J connectivity index is 2.13. The minimum absolute atomic E-state index is 0.00578. The van der Waals surface area contributed by atoms with Gasteiger partial charge in [0.15, 0.2) is 0 Å². The molecule has 0 aromatic rings. The van der Waals surface area contributed by atoms with Gasteiger partial charge in [-0.05, 0) is 17.8 Å². The van der Waals surface area contributed by atoms with Crippen LogP contribution in [-0.2, 0) is 14.3 Å². The molecular formula is C15H26N2O3. The van der Waals surface area contributed by atoms with Crippen LogP contribution < -0.4 is 5.32 Å². The number of hydrogen-bond donors (Lipinski definition) is 1. The number of ether oxygens (including phenoxy) is 1. The third-order valence-corrected chi connectivity index (χ3v) is 5.35. The first kappa shape index (κ1) is 15.3.